The van der Waals surface area contributed by atoms with E-state index in [1.807, 2.05) is 0 Å². The van der Waals surface area contributed by atoms with E-state index in [0.29, 0.717) is 0 Å². The van der Waals surface area contributed by atoms with Crippen LogP contribution in [-0.2, 0) is 23.8 Å². The van der Waals surface area contributed by atoms with Crippen LogP contribution in [-0.4, -0.2) is 49.8 Å². The number of halogens is 1. The lowest BCUT2D eigenvalue weighted by Gasteiger charge is -2.28. The summed E-state index contributed by atoms with van der Waals surface area (Å²) in [5.41, 5.74) is 4.63. The van der Waals surface area contributed by atoms with Gasteiger partial charge in [-0.2, -0.15) is 14.4 Å². The number of fused-ring (bicyclic) bond motifs is 2. The van der Waals surface area contributed by atoms with Crippen LogP contribution >= 0.6 is 0 Å². The maximum atomic E-state index is 14.0. The van der Waals surface area contributed by atoms with Crippen LogP contribution in [0.25, 0.3) is 11.2 Å². The van der Waals surface area contributed by atoms with Crippen molar-refractivity contribution in [3.8, 4) is 12.3 Å². The van der Waals surface area contributed by atoms with Gasteiger partial charge in [-0.1, -0.05) is 95.8 Å². The van der Waals surface area contributed by atoms with Gasteiger partial charge in [0.05, 0.1) is 6.33 Å². The number of terminal acetylenes is 1. The number of carbonyl (C=O) groups excluding carboxylic acids is 2. The molecule has 1 unspecified atom stereocenters. The number of hydrogen-bond acceptors (Lipinski definition) is 9. The number of hydrogen-bond donors (Lipinski definition) is 1. The minimum Gasteiger partial charge on any atom is -0.461 e. The van der Waals surface area contributed by atoms with Gasteiger partial charge < -0.3 is 19.9 Å². The SMILES string of the molecule is C#CC12COC(=O)CCCCCCCCCCCCCCCCCCC(=O)O[C@H]1C[C@H](n1cnc3c(N)nc(F)nc31)O2. The lowest BCUT2D eigenvalue weighted by atomic mass is 9.98. The minimum absolute atomic E-state index is 0.109. The van der Waals surface area contributed by atoms with Gasteiger partial charge >= 0.3 is 18.0 Å². The van der Waals surface area contributed by atoms with Crippen LogP contribution in [0.2, 0.25) is 0 Å². The van der Waals surface area contributed by atoms with Crippen LogP contribution in [0, 0.1) is 18.4 Å². The minimum atomic E-state index is -1.53. The number of imidazole rings is 1. The molecule has 2 fully saturated rings. The van der Waals surface area contributed by atoms with Crippen molar-refractivity contribution in [1.82, 2.24) is 19.5 Å². The predicted molar refractivity (Wildman–Crippen MR) is 160 cm³/mol. The molecule has 2 aliphatic heterocycles. The molecule has 2 N–H and O–H groups in total. The quantitative estimate of drug-likeness (QED) is 0.227. The number of cyclic esters (lactones) is 1. The zero-order valence-corrected chi connectivity index (χ0v) is 25.2. The number of ether oxygens (including phenoxy) is 3. The van der Waals surface area contributed by atoms with E-state index in [2.05, 4.69) is 20.9 Å². The molecule has 43 heavy (non-hydrogen) atoms. The molecule has 0 amide bonds. The van der Waals surface area contributed by atoms with E-state index in [-0.39, 0.29) is 54.8 Å². The van der Waals surface area contributed by atoms with E-state index in [1.54, 1.807) is 0 Å². The number of nitrogens with zero attached hydrogens (tertiary/aromatic N) is 4. The Bertz CT molecular complexity index is 1250. The Balaban J connectivity index is 1.44. The zero-order chi connectivity index (χ0) is 30.5. The summed E-state index contributed by atoms with van der Waals surface area (Å²) in [5.74, 6) is 1.73. The van der Waals surface area contributed by atoms with Crippen LogP contribution in [0.1, 0.15) is 128 Å². The van der Waals surface area contributed by atoms with E-state index >= 15 is 0 Å². The van der Waals surface area contributed by atoms with E-state index < -0.39 is 24.0 Å². The predicted octanol–water partition coefficient (Wildman–Crippen LogP) is 6.33. The summed E-state index contributed by atoms with van der Waals surface area (Å²) in [5, 5.41) is 0. The smallest absolute Gasteiger partial charge is 0.312 e. The molecular weight excluding hydrogens is 553 g/mol. The van der Waals surface area contributed by atoms with Gasteiger partial charge in [0.15, 0.2) is 17.0 Å². The molecule has 2 aromatic rings. The Kier molecular flexibility index (Phi) is 12.6. The highest BCUT2D eigenvalue weighted by Gasteiger charge is 2.52. The van der Waals surface area contributed by atoms with Gasteiger partial charge in [-0.3, -0.25) is 14.2 Å². The fourth-order valence-corrected chi connectivity index (χ4v) is 5.96. The van der Waals surface area contributed by atoms with Gasteiger partial charge in [-0.15, -0.1) is 6.42 Å². The standard InChI is InChI=1S/C32H46FN5O5/c1-2-32-22-41-26(39)19-17-15-13-11-9-7-5-3-4-6-8-10-12-14-16-18-20-27(40)42-24(32)21-25(43-32)38-23-35-28-29(34)36-31(33)37-30(28)38/h1,23-25H,3-22H2,(H2,34,36,37)/t24-,25+,32?/m0/s1. The fourth-order valence-electron chi connectivity index (χ4n) is 5.96. The second kappa shape index (κ2) is 16.6. The molecule has 0 radical (unpaired) electrons. The Morgan fingerprint density at radius 1 is 0.860 bits per heavy atom. The summed E-state index contributed by atoms with van der Waals surface area (Å²) >= 11 is 0. The molecule has 0 bridgehead atoms. The molecule has 0 saturated carbocycles. The van der Waals surface area contributed by atoms with Crippen molar-refractivity contribution in [2.45, 2.75) is 140 Å². The van der Waals surface area contributed by atoms with E-state index in [4.69, 9.17) is 26.4 Å². The Labute approximate surface area is 253 Å². The topological polar surface area (TPSA) is 131 Å². The first-order valence-corrected chi connectivity index (χ1v) is 16.1. The number of nitrogens with two attached hydrogens (primary N) is 1. The number of nitrogen functional groups attached to an aromatic ring is 1. The molecule has 0 aliphatic carbocycles. The van der Waals surface area contributed by atoms with Crippen LogP contribution in [0.3, 0.4) is 0 Å². The van der Waals surface area contributed by atoms with Crippen LogP contribution in [0.4, 0.5) is 10.2 Å². The van der Waals surface area contributed by atoms with Crippen molar-refractivity contribution in [3.05, 3.63) is 12.4 Å². The van der Waals surface area contributed by atoms with Gasteiger partial charge in [0, 0.05) is 19.3 Å². The number of esters is 2. The third kappa shape index (κ3) is 9.36. The van der Waals surface area contributed by atoms with Crippen molar-refractivity contribution in [3.63, 3.8) is 0 Å². The molecule has 2 aliphatic rings. The second-order valence-corrected chi connectivity index (χ2v) is 11.8. The van der Waals surface area contributed by atoms with E-state index in [9.17, 15) is 14.0 Å². The molecule has 3 atom stereocenters. The second-order valence-electron chi connectivity index (χ2n) is 11.8. The van der Waals surface area contributed by atoms with Gasteiger partial charge in [-0.05, 0) is 12.8 Å². The molecule has 10 nitrogen and oxygen atoms in total. The van der Waals surface area contributed by atoms with Crippen molar-refractivity contribution >= 4 is 28.9 Å². The summed E-state index contributed by atoms with van der Waals surface area (Å²) in [6, 6.07) is 0. The largest absolute Gasteiger partial charge is 0.461 e. The lowest BCUT2D eigenvalue weighted by molar-refractivity contribution is -0.166. The highest BCUT2D eigenvalue weighted by Crippen LogP contribution is 2.40. The summed E-state index contributed by atoms with van der Waals surface area (Å²) < 4.78 is 33.2. The maximum Gasteiger partial charge on any atom is 0.312 e. The monoisotopic (exact) mass is 599 g/mol. The van der Waals surface area contributed by atoms with Gasteiger partial charge in [-0.25, -0.2) is 4.98 Å². The Morgan fingerprint density at radius 2 is 1.40 bits per heavy atom. The van der Waals surface area contributed by atoms with Crippen molar-refractivity contribution in [2.24, 2.45) is 0 Å². The molecule has 0 spiro atoms. The molecular formula is C32H46FN5O5. The molecule has 2 aromatic heterocycles. The number of carbonyl (C=O) groups is 2. The van der Waals surface area contributed by atoms with Crippen LogP contribution in [0.5, 0.6) is 0 Å². The lowest BCUT2D eigenvalue weighted by Crippen LogP contribution is -2.45. The Morgan fingerprint density at radius 3 is 1.95 bits per heavy atom. The average Bonchev–Trinajstić information content (AvgIpc) is 3.56. The average molecular weight is 600 g/mol. The summed E-state index contributed by atoms with van der Waals surface area (Å²) in [6.07, 6.45) is 23.5. The first-order valence-electron chi connectivity index (χ1n) is 16.1. The summed E-state index contributed by atoms with van der Waals surface area (Å²) in [7, 11) is 0. The zero-order valence-electron chi connectivity index (χ0n) is 25.2. The molecule has 11 heteroatoms. The maximum absolute atomic E-state index is 14.0. The van der Waals surface area contributed by atoms with Crippen molar-refractivity contribution in [1.29, 1.82) is 0 Å². The number of rotatable bonds is 1. The van der Waals surface area contributed by atoms with Crippen molar-refractivity contribution < 1.29 is 28.2 Å². The normalized spacial score (nSPS) is 26.8. The highest BCUT2D eigenvalue weighted by molar-refractivity contribution is 5.81. The third-order valence-corrected chi connectivity index (χ3v) is 8.49. The van der Waals surface area contributed by atoms with Crippen LogP contribution < -0.4 is 5.73 Å². The van der Waals surface area contributed by atoms with Gasteiger partial charge in [0.2, 0.25) is 5.60 Å². The van der Waals surface area contributed by atoms with Crippen molar-refractivity contribution in [2.75, 3.05) is 12.3 Å². The van der Waals surface area contributed by atoms with Crippen LogP contribution in [0.15, 0.2) is 6.33 Å². The number of aromatic nitrogens is 4. The number of anilines is 1. The fraction of sp³-hybridized carbons (Fsp3) is 0.719. The first kappa shape index (κ1) is 32.6. The molecule has 236 valence electrons. The van der Waals surface area contributed by atoms with E-state index in [1.165, 1.54) is 75.1 Å². The highest BCUT2D eigenvalue weighted by atomic mass is 19.1. The molecule has 0 aromatic carbocycles. The first-order chi connectivity index (χ1) is 20.9. The van der Waals surface area contributed by atoms with Gasteiger partial charge in [0.25, 0.3) is 0 Å². The Hall–Kier alpha value is -3.26. The van der Waals surface area contributed by atoms with E-state index in [0.717, 1.165) is 38.5 Å². The summed E-state index contributed by atoms with van der Waals surface area (Å²) in [6.45, 7) is -0.283. The third-order valence-electron chi connectivity index (χ3n) is 8.49. The molecule has 4 heterocycles. The summed E-state index contributed by atoms with van der Waals surface area (Å²) in [4.78, 5) is 37.1. The molecule has 4 rings (SSSR count). The molecule has 2 saturated heterocycles. The van der Waals surface area contributed by atoms with Gasteiger partial charge in [0.1, 0.15) is 18.9 Å².